The van der Waals surface area contributed by atoms with Gasteiger partial charge in [0.1, 0.15) is 12.4 Å². The quantitative estimate of drug-likeness (QED) is 0.799. The monoisotopic (exact) mass is 296 g/mol. The van der Waals surface area contributed by atoms with E-state index in [0.717, 1.165) is 15.8 Å². The lowest BCUT2D eigenvalue weighted by Gasteiger charge is -2.07. The number of ether oxygens (including phenoxy) is 1. The molecule has 82 valence electrons. The molecule has 16 heavy (non-hydrogen) atoms. The molecule has 0 unspecified atom stereocenters. The molecule has 0 bridgehead atoms. The third-order valence-corrected chi connectivity index (χ3v) is 3.35. The van der Waals surface area contributed by atoms with Crippen LogP contribution in [0.2, 0.25) is 5.02 Å². The van der Waals surface area contributed by atoms with Crippen LogP contribution < -0.4 is 4.74 Å². The molecule has 0 fully saturated rings. The third kappa shape index (κ3) is 3.00. The van der Waals surface area contributed by atoms with E-state index in [1.165, 1.54) is 0 Å². The van der Waals surface area contributed by atoms with Gasteiger partial charge in [0, 0.05) is 4.47 Å². The molecule has 0 aliphatic rings. The Kier molecular flexibility index (Phi) is 3.86. The third-order valence-electron chi connectivity index (χ3n) is 2.14. The summed E-state index contributed by atoms with van der Waals surface area (Å²) in [6.45, 7) is 0.564. The van der Waals surface area contributed by atoms with E-state index in [1.54, 1.807) is 0 Å². The number of halogens is 2. The highest BCUT2D eigenvalue weighted by molar-refractivity contribution is 9.10. The Labute approximate surface area is 108 Å². The van der Waals surface area contributed by atoms with Crippen LogP contribution >= 0.6 is 27.5 Å². The fraction of sp³-hybridized carbons (Fsp3) is 0.0769. The summed E-state index contributed by atoms with van der Waals surface area (Å²) < 4.78 is 6.49. The summed E-state index contributed by atoms with van der Waals surface area (Å²) in [7, 11) is 0. The van der Waals surface area contributed by atoms with Crippen molar-refractivity contribution < 1.29 is 4.74 Å². The fourth-order valence-corrected chi connectivity index (χ4v) is 1.78. The van der Waals surface area contributed by atoms with E-state index in [0.29, 0.717) is 11.6 Å². The van der Waals surface area contributed by atoms with Gasteiger partial charge >= 0.3 is 0 Å². The second-order valence-corrected chi connectivity index (χ2v) is 4.61. The van der Waals surface area contributed by atoms with E-state index in [4.69, 9.17) is 16.3 Å². The lowest BCUT2D eigenvalue weighted by Crippen LogP contribution is -1.94. The largest absolute Gasteiger partial charge is 0.489 e. The van der Waals surface area contributed by atoms with E-state index in [1.807, 2.05) is 48.5 Å². The highest BCUT2D eigenvalue weighted by Crippen LogP contribution is 2.27. The van der Waals surface area contributed by atoms with Crippen molar-refractivity contribution in [3.8, 4) is 5.75 Å². The molecule has 0 heterocycles. The van der Waals surface area contributed by atoms with Gasteiger partial charge in [0.05, 0.1) is 5.02 Å². The molecule has 0 aliphatic carbocycles. The minimum Gasteiger partial charge on any atom is -0.489 e. The topological polar surface area (TPSA) is 9.23 Å². The molecule has 2 aromatic rings. The first-order valence-corrected chi connectivity index (χ1v) is 6.04. The fourth-order valence-electron chi connectivity index (χ4n) is 1.31. The lowest BCUT2D eigenvalue weighted by atomic mass is 10.2. The van der Waals surface area contributed by atoms with E-state index in [-0.39, 0.29) is 0 Å². The van der Waals surface area contributed by atoms with Crippen LogP contribution in [0.15, 0.2) is 53.0 Å². The maximum Gasteiger partial charge on any atom is 0.121 e. The maximum absolute atomic E-state index is 5.90. The van der Waals surface area contributed by atoms with Gasteiger partial charge in [-0.25, -0.2) is 0 Å². The molecular weight excluding hydrogens is 287 g/mol. The Morgan fingerprint density at radius 2 is 1.81 bits per heavy atom. The van der Waals surface area contributed by atoms with E-state index in [9.17, 15) is 0 Å². The van der Waals surface area contributed by atoms with Crippen molar-refractivity contribution in [3.05, 3.63) is 63.6 Å². The smallest absolute Gasteiger partial charge is 0.121 e. The lowest BCUT2D eigenvalue weighted by molar-refractivity contribution is 0.306. The first kappa shape index (κ1) is 11.5. The van der Waals surface area contributed by atoms with Gasteiger partial charge < -0.3 is 4.74 Å². The number of benzene rings is 2. The minimum atomic E-state index is 0.564. The van der Waals surface area contributed by atoms with Crippen LogP contribution in [-0.2, 0) is 6.61 Å². The number of hydrogen-bond acceptors (Lipinski definition) is 1. The maximum atomic E-state index is 5.90. The molecule has 2 aromatic carbocycles. The predicted octanol–water partition coefficient (Wildman–Crippen LogP) is 4.68. The van der Waals surface area contributed by atoms with Gasteiger partial charge in [-0.2, -0.15) is 0 Å². The van der Waals surface area contributed by atoms with Crippen molar-refractivity contribution in [3.63, 3.8) is 0 Å². The molecule has 0 amide bonds. The average Bonchev–Trinajstić information content (AvgIpc) is 2.32. The highest BCUT2D eigenvalue weighted by Gasteiger charge is 2.00. The first-order chi connectivity index (χ1) is 7.75. The van der Waals surface area contributed by atoms with Crippen LogP contribution in [0.3, 0.4) is 0 Å². The predicted molar refractivity (Wildman–Crippen MR) is 69.9 cm³/mol. The zero-order chi connectivity index (χ0) is 11.4. The zero-order valence-corrected chi connectivity index (χ0v) is 10.8. The van der Waals surface area contributed by atoms with Gasteiger partial charge in [0.25, 0.3) is 0 Å². The summed E-state index contributed by atoms with van der Waals surface area (Å²) >= 11 is 9.26. The Hall–Kier alpha value is -0.990. The van der Waals surface area contributed by atoms with Crippen LogP contribution in [0, 0.1) is 0 Å². The van der Waals surface area contributed by atoms with Gasteiger partial charge in [-0.3, -0.25) is 0 Å². The van der Waals surface area contributed by atoms with Gasteiger partial charge in [-0.05, 0) is 39.7 Å². The van der Waals surface area contributed by atoms with Crippen molar-refractivity contribution >= 4 is 27.5 Å². The molecule has 1 nitrogen and oxygen atoms in total. The summed E-state index contributed by atoms with van der Waals surface area (Å²) in [6, 6.07) is 15.6. The van der Waals surface area contributed by atoms with Crippen LogP contribution in [0.4, 0.5) is 0 Å². The Balaban J connectivity index is 2.03. The highest BCUT2D eigenvalue weighted by atomic mass is 79.9. The van der Waals surface area contributed by atoms with Crippen molar-refractivity contribution in [1.29, 1.82) is 0 Å². The van der Waals surface area contributed by atoms with E-state index < -0.39 is 0 Å². The van der Waals surface area contributed by atoms with Crippen LogP contribution in [0.25, 0.3) is 0 Å². The molecule has 3 heteroatoms. The Morgan fingerprint density at radius 3 is 2.50 bits per heavy atom. The van der Waals surface area contributed by atoms with E-state index >= 15 is 0 Å². The summed E-state index contributed by atoms with van der Waals surface area (Å²) in [5.74, 6) is 0.806. The van der Waals surface area contributed by atoms with Gasteiger partial charge in [-0.15, -0.1) is 0 Å². The van der Waals surface area contributed by atoms with Crippen molar-refractivity contribution in [2.24, 2.45) is 0 Å². The van der Waals surface area contributed by atoms with Crippen molar-refractivity contribution in [2.45, 2.75) is 6.61 Å². The second-order valence-electron chi connectivity index (χ2n) is 3.35. The molecule has 2 rings (SSSR count). The summed E-state index contributed by atoms with van der Waals surface area (Å²) in [6.07, 6.45) is 0. The van der Waals surface area contributed by atoms with Gasteiger partial charge in [0.2, 0.25) is 0 Å². The summed E-state index contributed by atoms with van der Waals surface area (Å²) in [4.78, 5) is 0. The first-order valence-electron chi connectivity index (χ1n) is 4.87. The second kappa shape index (κ2) is 5.37. The van der Waals surface area contributed by atoms with Gasteiger partial charge in [0.15, 0.2) is 0 Å². The standard InChI is InChI=1S/C13H10BrClO/c14-12-8-11(6-7-13(12)15)16-9-10-4-2-1-3-5-10/h1-8H,9H2. The molecular formula is C13H10BrClO. The summed E-state index contributed by atoms with van der Waals surface area (Å²) in [5, 5.41) is 0.687. The normalized spacial score (nSPS) is 10.1. The molecule has 0 aliphatic heterocycles. The number of hydrogen-bond donors (Lipinski definition) is 0. The van der Waals surface area contributed by atoms with Crippen LogP contribution in [-0.4, -0.2) is 0 Å². The molecule has 0 aromatic heterocycles. The van der Waals surface area contributed by atoms with Crippen molar-refractivity contribution in [1.82, 2.24) is 0 Å². The molecule has 0 atom stereocenters. The van der Waals surface area contributed by atoms with Gasteiger partial charge in [-0.1, -0.05) is 41.9 Å². The molecule has 0 N–H and O–H groups in total. The molecule has 0 spiro atoms. The molecule has 0 saturated heterocycles. The van der Waals surface area contributed by atoms with Crippen LogP contribution in [0.5, 0.6) is 5.75 Å². The van der Waals surface area contributed by atoms with E-state index in [2.05, 4.69) is 15.9 Å². The average molecular weight is 298 g/mol. The Bertz CT molecular complexity index is 471. The minimum absolute atomic E-state index is 0.564. The Morgan fingerprint density at radius 1 is 1.06 bits per heavy atom. The summed E-state index contributed by atoms with van der Waals surface area (Å²) in [5.41, 5.74) is 1.15. The van der Waals surface area contributed by atoms with Crippen molar-refractivity contribution in [2.75, 3.05) is 0 Å². The molecule has 0 radical (unpaired) electrons. The number of rotatable bonds is 3. The molecule has 0 saturated carbocycles. The zero-order valence-electron chi connectivity index (χ0n) is 8.49. The SMILES string of the molecule is Clc1ccc(OCc2ccccc2)cc1Br. The van der Waals surface area contributed by atoms with Crippen LogP contribution in [0.1, 0.15) is 5.56 Å².